The monoisotopic (exact) mass is 276 g/mol. The first-order valence-corrected chi connectivity index (χ1v) is 7.04. The highest BCUT2D eigenvalue weighted by Gasteiger charge is 2.11. The quantitative estimate of drug-likeness (QED) is 0.784. The Balaban J connectivity index is 2.25. The molecular weight excluding hydrogens is 260 g/mol. The fourth-order valence-electron chi connectivity index (χ4n) is 1.87. The van der Waals surface area contributed by atoms with Gasteiger partial charge >= 0.3 is 5.97 Å². The molecule has 19 heavy (non-hydrogen) atoms. The predicted molar refractivity (Wildman–Crippen MR) is 76.6 cm³/mol. The summed E-state index contributed by atoms with van der Waals surface area (Å²) in [7, 11) is 1.65. The maximum Gasteiger partial charge on any atom is 0.310 e. The topological polar surface area (TPSA) is 35.5 Å². The van der Waals surface area contributed by atoms with Crippen LogP contribution in [-0.2, 0) is 16.0 Å². The zero-order valence-electron chi connectivity index (χ0n) is 11.0. The van der Waals surface area contributed by atoms with E-state index in [2.05, 4.69) is 0 Å². The molecule has 0 aliphatic rings. The number of esters is 1. The second-order valence-corrected chi connectivity index (χ2v) is 4.77. The van der Waals surface area contributed by atoms with Gasteiger partial charge in [0.15, 0.2) is 0 Å². The molecule has 0 amide bonds. The molecule has 0 unspecified atom stereocenters. The number of hydrogen-bond donors (Lipinski definition) is 0. The van der Waals surface area contributed by atoms with Crippen LogP contribution in [0.1, 0.15) is 12.5 Å². The third kappa shape index (κ3) is 3.35. The number of rotatable bonds is 5. The van der Waals surface area contributed by atoms with E-state index in [1.807, 2.05) is 41.9 Å². The van der Waals surface area contributed by atoms with E-state index in [4.69, 9.17) is 9.47 Å². The zero-order chi connectivity index (χ0) is 13.7. The van der Waals surface area contributed by atoms with Crippen LogP contribution < -0.4 is 4.74 Å². The maximum atomic E-state index is 11.6. The molecule has 2 rings (SSSR count). The molecule has 1 aromatic heterocycles. The van der Waals surface area contributed by atoms with Crippen molar-refractivity contribution >= 4 is 17.3 Å². The molecule has 0 radical (unpaired) electrons. The maximum absolute atomic E-state index is 11.6. The van der Waals surface area contributed by atoms with Gasteiger partial charge in [-0.15, -0.1) is 0 Å². The Labute approximate surface area is 116 Å². The summed E-state index contributed by atoms with van der Waals surface area (Å²) in [5.41, 5.74) is 3.12. The van der Waals surface area contributed by atoms with Crippen molar-refractivity contribution in [1.82, 2.24) is 0 Å². The van der Waals surface area contributed by atoms with Crippen LogP contribution in [0.2, 0.25) is 0 Å². The molecule has 0 saturated heterocycles. The Hall–Kier alpha value is -1.81. The van der Waals surface area contributed by atoms with Crippen molar-refractivity contribution in [2.45, 2.75) is 13.3 Å². The Morgan fingerprint density at radius 3 is 2.89 bits per heavy atom. The van der Waals surface area contributed by atoms with Gasteiger partial charge in [-0.05, 0) is 46.5 Å². The average Bonchev–Trinajstić information content (AvgIpc) is 2.87. The summed E-state index contributed by atoms with van der Waals surface area (Å²) in [5, 5.41) is 4.04. The largest absolute Gasteiger partial charge is 0.497 e. The SMILES string of the molecule is CCOC(=O)Cc1cscc1-c1cccc(OC)c1. The molecule has 100 valence electrons. The Morgan fingerprint density at radius 2 is 2.16 bits per heavy atom. The van der Waals surface area contributed by atoms with Gasteiger partial charge in [-0.3, -0.25) is 4.79 Å². The van der Waals surface area contributed by atoms with E-state index in [-0.39, 0.29) is 5.97 Å². The van der Waals surface area contributed by atoms with E-state index >= 15 is 0 Å². The molecule has 4 heteroatoms. The van der Waals surface area contributed by atoms with Crippen molar-refractivity contribution in [1.29, 1.82) is 0 Å². The number of carbonyl (C=O) groups excluding carboxylic acids is 1. The molecule has 0 saturated carbocycles. The first-order chi connectivity index (χ1) is 9.24. The van der Waals surface area contributed by atoms with Gasteiger partial charge in [0.05, 0.1) is 20.1 Å². The molecule has 0 spiro atoms. The summed E-state index contributed by atoms with van der Waals surface area (Å²) < 4.78 is 10.2. The van der Waals surface area contributed by atoms with Gasteiger partial charge in [-0.2, -0.15) is 11.3 Å². The molecule has 1 aromatic carbocycles. The van der Waals surface area contributed by atoms with Gasteiger partial charge in [0.2, 0.25) is 0 Å². The lowest BCUT2D eigenvalue weighted by atomic mass is 10.0. The third-order valence-electron chi connectivity index (χ3n) is 2.76. The third-order valence-corrected chi connectivity index (χ3v) is 3.56. The highest BCUT2D eigenvalue weighted by atomic mass is 32.1. The van der Waals surface area contributed by atoms with E-state index in [9.17, 15) is 4.79 Å². The van der Waals surface area contributed by atoms with Gasteiger partial charge < -0.3 is 9.47 Å². The van der Waals surface area contributed by atoms with Crippen molar-refractivity contribution in [2.24, 2.45) is 0 Å². The summed E-state index contributed by atoms with van der Waals surface area (Å²) >= 11 is 1.59. The fraction of sp³-hybridized carbons (Fsp3) is 0.267. The van der Waals surface area contributed by atoms with Crippen LogP contribution in [0.15, 0.2) is 35.0 Å². The van der Waals surface area contributed by atoms with E-state index in [1.165, 1.54) is 0 Å². The van der Waals surface area contributed by atoms with Gasteiger partial charge in [-0.1, -0.05) is 12.1 Å². The van der Waals surface area contributed by atoms with Crippen LogP contribution in [0.3, 0.4) is 0 Å². The first kappa shape index (κ1) is 13.6. The molecule has 3 nitrogen and oxygen atoms in total. The van der Waals surface area contributed by atoms with Crippen molar-refractivity contribution in [2.75, 3.05) is 13.7 Å². The standard InChI is InChI=1S/C15H16O3S/c1-3-18-15(16)8-12-9-19-10-14(12)11-5-4-6-13(7-11)17-2/h4-7,9-10H,3,8H2,1-2H3. The summed E-state index contributed by atoms with van der Waals surface area (Å²) in [4.78, 5) is 11.6. The number of benzene rings is 1. The highest BCUT2D eigenvalue weighted by molar-refractivity contribution is 7.08. The Bertz CT molecular complexity index is 560. The zero-order valence-corrected chi connectivity index (χ0v) is 11.8. The van der Waals surface area contributed by atoms with Crippen molar-refractivity contribution in [3.05, 3.63) is 40.6 Å². The van der Waals surface area contributed by atoms with Crippen LogP contribution >= 0.6 is 11.3 Å². The molecule has 0 fully saturated rings. The molecule has 0 bridgehead atoms. The lowest BCUT2D eigenvalue weighted by Gasteiger charge is -2.06. The molecule has 0 aliphatic heterocycles. The Morgan fingerprint density at radius 1 is 1.32 bits per heavy atom. The van der Waals surface area contributed by atoms with Gasteiger partial charge in [0, 0.05) is 0 Å². The number of carbonyl (C=O) groups is 1. The lowest BCUT2D eigenvalue weighted by molar-refractivity contribution is -0.142. The van der Waals surface area contributed by atoms with Crippen molar-refractivity contribution < 1.29 is 14.3 Å². The van der Waals surface area contributed by atoms with E-state index in [0.29, 0.717) is 13.0 Å². The highest BCUT2D eigenvalue weighted by Crippen LogP contribution is 2.30. The average molecular weight is 276 g/mol. The molecule has 0 N–H and O–H groups in total. The van der Waals surface area contributed by atoms with Crippen LogP contribution in [0, 0.1) is 0 Å². The van der Waals surface area contributed by atoms with E-state index in [1.54, 1.807) is 18.4 Å². The molecule has 1 heterocycles. The molecular formula is C15H16O3S. The second-order valence-electron chi connectivity index (χ2n) is 4.02. The lowest BCUT2D eigenvalue weighted by Crippen LogP contribution is -2.07. The fourth-order valence-corrected chi connectivity index (χ4v) is 2.74. The summed E-state index contributed by atoms with van der Waals surface area (Å²) in [6.45, 7) is 2.23. The number of methoxy groups -OCH3 is 1. The normalized spacial score (nSPS) is 10.2. The van der Waals surface area contributed by atoms with E-state index < -0.39 is 0 Å². The molecule has 0 atom stereocenters. The summed E-state index contributed by atoms with van der Waals surface area (Å²) in [6, 6.07) is 7.83. The van der Waals surface area contributed by atoms with Crippen LogP contribution in [0.4, 0.5) is 0 Å². The van der Waals surface area contributed by atoms with Crippen LogP contribution in [0.5, 0.6) is 5.75 Å². The number of thiophene rings is 1. The van der Waals surface area contributed by atoms with E-state index in [0.717, 1.165) is 22.4 Å². The predicted octanol–water partition coefficient (Wildman–Crippen LogP) is 3.53. The Kier molecular flexibility index (Phi) is 4.58. The first-order valence-electron chi connectivity index (χ1n) is 6.09. The van der Waals surface area contributed by atoms with Gasteiger partial charge in [-0.25, -0.2) is 0 Å². The smallest absolute Gasteiger partial charge is 0.310 e. The number of ether oxygens (including phenoxy) is 2. The summed E-state index contributed by atoms with van der Waals surface area (Å²) in [5.74, 6) is 0.621. The minimum atomic E-state index is -0.190. The second kappa shape index (κ2) is 6.38. The number of hydrogen-bond acceptors (Lipinski definition) is 4. The van der Waals surface area contributed by atoms with Crippen molar-refractivity contribution in [3.8, 4) is 16.9 Å². The van der Waals surface area contributed by atoms with Crippen molar-refractivity contribution in [3.63, 3.8) is 0 Å². The molecule has 2 aromatic rings. The van der Waals surface area contributed by atoms with Gasteiger partial charge in [0.1, 0.15) is 5.75 Å². The minimum absolute atomic E-state index is 0.190. The van der Waals surface area contributed by atoms with Crippen LogP contribution in [-0.4, -0.2) is 19.7 Å². The van der Waals surface area contributed by atoms with Crippen LogP contribution in [0.25, 0.3) is 11.1 Å². The molecule has 0 aliphatic carbocycles. The summed E-state index contributed by atoms with van der Waals surface area (Å²) in [6.07, 6.45) is 0.309. The van der Waals surface area contributed by atoms with Gasteiger partial charge in [0.25, 0.3) is 0 Å². The minimum Gasteiger partial charge on any atom is -0.497 e.